The second-order valence-electron chi connectivity index (χ2n) is 8.48. The van der Waals surface area contributed by atoms with Crippen LogP contribution in [-0.2, 0) is 4.79 Å². The van der Waals surface area contributed by atoms with E-state index < -0.39 is 23.5 Å². The number of benzene rings is 2. The summed E-state index contributed by atoms with van der Waals surface area (Å²) in [6.45, 7) is 9.79. The van der Waals surface area contributed by atoms with Crippen molar-refractivity contribution in [2.75, 3.05) is 11.5 Å². The summed E-state index contributed by atoms with van der Waals surface area (Å²) in [4.78, 5) is 33.3. The summed E-state index contributed by atoms with van der Waals surface area (Å²) in [6, 6.07) is 13.4. The highest BCUT2D eigenvalue weighted by atomic mass is 32.1. The molecule has 1 N–H and O–H groups in total. The van der Waals surface area contributed by atoms with Crippen LogP contribution in [0.5, 0.6) is 11.5 Å². The van der Waals surface area contributed by atoms with E-state index in [4.69, 9.17) is 9.47 Å². The van der Waals surface area contributed by atoms with E-state index >= 15 is 0 Å². The lowest BCUT2D eigenvalue weighted by Gasteiger charge is -2.27. The van der Waals surface area contributed by atoms with Crippen LogP contribution in [0.15, 0.2) is 59.9 Å². The number of nitrogens with zero attached hydrogens (tertiary/aromatic N) is 2. The Hall–Kier alpha value is -3.65. The van der Waals surface area contributed by atoms with E-state index in [9.17, 15) is 14.7 Å². The van der Waals surface area contributed by atoms with Crippen molar-refractivity contribution < 1.29 is 24.2 Å². The van der Waals surface area contributed by atoms with Crippen molar-refractivity contribution in [3.05, 3.63) is 81.0 Å². The van der Waals surface area contributed by atoms with Crippen LogP contribution in [0.2, 0.25) is 0 Å². The van der Waals surface area contributed by atoms with Gasteiger partial charge in [0.15, 0.2) is 5.76 Å². The summed E-state index contributed by atoms with van der Waals surface area (Å²) in [5, 5.41) is 11.7. The van der Waals surface area contributed by atoms with Gasteiger partial charge in [-0.25, -0.2) is 4.98 Å². The van der Waals surface area contributed by atoms with Gasteiger partial charge in [-0.05, 0) is 64.4 Å². The molecule has 1 unspecified atom stereocenters. The minimum atomic E-state index is -0.832. The number of carbonyl (C=O) groups is 2. The van der Waals surface area contributed by atoms with Gasteiger partial charge in [0.2, 0.25) is 5.78 Å². The topological polar surface area (TPSA) is 89.0 Å². The SMILES string of the molecule is CCOc1cccc(N2C(=O)C(O)=C(C(=O)c3sc(C)nc3C)C2c2ccc(OC(C)C)cc2)c1. The number of rotatable bonds is 8. The van der Waals surface area contributed by atoms with E-state index in [1.165, 1.54) is 16.2 Å². The fourth-order valence-electron chi connectivity index (χ4n) is 4.17. The molecule has 0 spiro atoms. The van der Waals surface area contributed by atoms with Crippen LogP contribution in [0.3, 0.4) is 0 Å². The molecule has 2 aromatic carbocycles. The Morgan fingerprint density at radius 3 is 2.46 bits per heavy atom. The highest BCUT2D eigenvalue weighted by molar-refractivity contribution is 7.14. The van der Waals surface area contributed by atoms with Gasteiger partial charge in [0.1, 0.15) is 11.5 Å². The number of ketones is 1. The number of aromatic nitrogens is 1. The quantitative estimate of drug-likeness (QED) is 0.404. The second kappa shape index (κ2) is 9.92. The first-order chi connectivity index (χ1) is 16.7. The van der Waals surface area contributed by atoms with Crippen LogP contribution in [-0.4, -0.2) is 34.5 Å². The van der Waals surface area contributed by atoms with E-state index in [-0.39, 0.29) is 11.7 Å². The van der Waals surface area contributed by atoms with E-state index in [2.05, 4.69) is 4.98 Å². The molecule has 35 heavy (non-hydrogen) atoms. The molecule has 7 nitrogen and oxygen atoms in total. The maximum atomic E-state index is 13.7. The highest BCUT2D eigenvalue weighted by Gasteiger charge is 2.45. The first-order valence-corrected chi connectivity index (χ1v) is 12.3. The zero-order chi connectivity index (χ0) is 25.3. The lowest BCUT2D eigenvalue weighted by Crippen LogP contribution is -2.31. The molecule has 2 heterocycles. The summed E-state index contributed by atoms with van der Waals surface area (Å²) < 4.78 is 11.4. The van der Waals surface area contributed by atoms with Crippen LogP contribution in [0.1, 0.15) is 52.7 Å². The summed E-state index contributed by atoms with van der Waals surface area (Å²) in [5.74, 6) is -0.350. The molecule has 0 fully saturated rings. The number of ether oxygens (including phenoxy) is 2. The first kappa shape index (κ1) is 24.5. The number of amides is 1. The Morgan fingerprint density at radius 1 is 1.14 bits per heavy atom. The largest absolute Gasteiger partial charge is 0.503 e. The van der Waals surface area contributed by atoms with Gasteiger partial charge in [-0.1, -0.05) is 18.2 Å². The average molecular weight is 493 g/mol. The number of thiazole rings is 1. The molecule has 1 atom stereocenters. The van der Waals surface area contributed by atoms with E-state index in [1.807, 2.05) is 39.8 Å². The summed E-state index contributed by atoms with van der Waals surface area (Å²) in [5.41, 5.74) is 1.78. The van der Waals surface area contributed by atoms with Crippen molar-refractivity contribution in [2.24, 2.45) is 0 Å². The molecule has 1 amide bonds. The van der Waals surface area contributed by atoms with Gasteiger partial charge in [-0.2, -0.15) is 0 Å². The van der Waals surface area contributed by atoms with Gasteiger partial charge in [-0.15, -0.1) is 11.3 Å². The molecule has 1 aliphatic rings. The summed E-state index contributed by atoms with van der Waals surface area (Å²) in [7, 11) is 0. The first-order valence-electron chi connectivity index (χ1n) is 11.5. The Labute approximate surface area is 208 Å². The Morgan fingerprint density at radius 2 is 1.86 bits per heavy atom. The summed E-state index contributed by atoms with van der Waals surface area (Å²) >= 11 is 1.25. The lowest BCUT2D eigenvalue weighted by atomic mass is 9.94. The Kier molecular flexibility index (Phi) is 6.93. The number of anilines is 1. The number of aliphatic hydroxyl groups excluding tert-OH is 1. The van der Waals surface area contributed by atoms with E-state index in [0.29, 0.717) is 39.9 Å². The molecule has 0 radical (unpaired) electrons. The molecular formula is C27H28N2O5S. The van der Waals surface area contributed by atoms with Crippen LogP contribution < -0.4 is 14.4 Å². The second-order valence-corrected chi connectivity index (χ2v) is 9.69. The smallest absolute Gasteiger partial charge is 0.294 e. The van der Waals surface area contributed by atoms with Crippen molar-refractivity contribution in [2.45, 2.75) is 46.8 Å². The number of aryl methyl sites for hydroxylation is 2. The van der Waals surface area contributed by atoms with Crippen LogP contribution in [0.25, 0.3) is 0 Å². The van der Waals surface area contributed by atoms with Crippen LogP contribution >= 0.6 is 11.3 Å². The van der Waals surface area contributed by atoms with Crippen LogP contribution in [0, 0.1) is 13.8 Å². The average Bonchev–Trinajstić information content (AvgIpc) is 3.29. The van der Waals surface area contributed by atoms with E-state index in [0.717, 1.165) is 5.01 Å². The minimum Gasteiger partial charge on any atom is -0.503 e. The molecule has 3 aromatic rings. The predicted molar refractivity (Wildman–Crippen MR) is 136 cm³/mol. The standard InChI is InChI=1S/C27H28N2O5S/c1-6-33-21-9-7-8-19(14-21)29-23(18-10-12-20(13-11-18)34-15(2)3)22(25(31)27(29)32)24(30)26-16(4)28-17(5)35-26/h7-15,23,31H,6H2,1-5H3. The fourth-order valence-corrected chi connectivity index (χ4v) is 5.05. The lowest BCUT2D eigenvalue weighted by molar-refractivity contribution is -0.117. The van der Waals surface area contributed by atoms with E-state index in [1.54, 1.807) is 43.3 Å². The normalized spacial score (nSPS) is 15.8. The number of Topliss-reactive ketones (excluding diaryl/α,β-unsaturated/α-hetero) is 1. The van der Waals surface area contributed by atoms with Crippen molar-refractivity contribution in [3.8, 4) is 11.5 Å². The zero-order valence-electron chi connectivity index (χ0n) is 20.4. The third kappa shape index (κ3) is 4.79. The predicted octanol–water partition coefficient (Wildman–Crippen LogP) is 5.73. The van der Waals surface area contributed by atoms with Gasteiger partial charge >= 0.3 is 0 Å². The van der Waals surface area contributed by atoms with Gasteiger partial charge in [0.05, 0.1) is 39.9 Å². The Balaban J connectivity index is 1.84. The van der Waals surface area contributed by atoms with Gasteiger partial charge in [-0.3, -0.25) is 14.5 Å². The fraction of sp³-hybridized carbons (Fsp3) is 0.296. The molecule has 182 valence electrons. The third-order valence-electron chi connectivity index (χ3n) is 5.54. The van der Waals surface area contributed by atoms with Crippen molar-refractivity contribution in [3.63, 3.8) is 0 Å². The van der Waals surface area contributed by atoms with Gasteiger partial charge < -0.3 is 14.6 Å². The number of carbonyl (C=O) groups excluding carboxylic acids is 2. The number of hydrogen-bond acceptors (Lipinski definition) is 7. The molecule has 0 saturated heterocycles. The molecule has 1 aromatic heterocycles. The van der Waals surface area contributed by atoms with Gasteiger partial charge in [0.25, 0.3) is 5.91 Å². The van der Waals surface area contributed by atoms with Crippen LogP contribution in [0.4, 0.5) is 5.69 Å². The van der Waals surface area contributed by atoms with Gasteiger partial charge in [0, 0.05) is 11.8 Å². The number of aliphatic hydroxyl groups is 1. The minimum absolute atomic E-state index is 0.00494. The zero-order valence-corrected chi connectivity index (χ0v) is 21.2. The molecule has 1 aliphatic heterocycles. The molecule has 0 bridgehead atoms. The molecule has 8 heteroatoms. The maximum absolute atomic E-state index is 13.7. The van der Waals surface area contributed by atoms with Crippen molar-refractivity contribution in [1.29, 1.82) is 0 Å². The summed E-state index contributed by atoms with van der Waals surface area (Å²) in [6.07, 6.45) is 0.00494. The highest BCUT2D eigenvalue weighted by Crippen LogP contribution is 2.43. The molecule has 0 aliphatic carbocycles. The molecular weight excluding hydrogens is 464 g/mol. The molecule has 0 saturated carbocycles. The molecule has 4 rings (SSSR count). The number of hydrogen-bond donors (Lipinski definition) is 1. The maximum Gasteiger partial charge on any atom is 0.294 e. The third-order valence-corrected chi connectivity index (χ3v) is 6.61. The Bertz CT molecular complexity index is 1290. The van der Waals surface area contributed by atoms with Crippen molar-refractivity contribution in [1.82, 2.24) is 4.98 Å². The monoisotopic (exact) mass is 492 g/mol. The van der Waals surface area contributed by atoms with Crippen molar-refractivity contribution >= 4 is 28.7 Å².